The van der Waals surface area contributed by atoms with E-state index in [1.54, 1.807) is 11.9 Å². The van der Waals surface area contributed by atoms with Gasteiger partial charge >= 0.3 is 0 Å². The van der Waals surface area contributed by atoms with Gasteiger partial charge in [-0.2, -0.15) is 0 Å². The number of rotatable bonds is 2. The second-order valence-corrected chi connectivity index (χ2v) is 3.02. The summed E-state index contributed by atoms with van der Waals surface area (Å²) in [5, 5.41) is 2.93. The predicted octanol–water partition coefficient (Wildman–Crippen LogP) is -0.728. The SMILES string of the molecule is CNC1C(=O)N2C(C=O)=CCC12. The summed E-state index contributed by atoms with van der Waals surface area (Å²) in [4.78, 5) is 23.3. The number of amides is 1. The molecule has 4 nitrogen and oxygen atoms in total. The molecule has 2 heterocycles. The second-order valence-electron chi connectivity index (χ2n) is 3.02. The molecular formula is C8H10N2O2. The molecule has 12 heavy (non-hydrogen) atoms. The highest BCUT2D eigenvalue weighted by Gasteiger charge is 2.49. The molecule has 0 spiro atoms. The average Bonchev–Trinajstić information content (AvgIpc) is 2.44. The van der Waals surface area contributed by atoms with Crippen LogP contribution in [0.15, 0.2) is 11.8 Å². The number of carbonyl (C=O) groups is 2. The number of β-lactam (4-membered cyclic amide) rings is 1. The van der Waals surface area contributed by atoms with Gasteiger partial charge in [0.05, 0.1) is 11.7 Å². The molecule has 0 bridgehead atoms. The molecule has 2 atom stereocenters. The molecule has 64 valence electrons. The Balaban J connectivity index is 2.17. The summed E-state index contributed by atoms with van der Waals surface area (Å²) in [6.45, 7) is 0. The van der Waals surface area contributed by atoms with E-state index in [0.717, 1.165) is 12.7 Å². The fourth-order valence-corrected chi connectivity index (χ4v) is 1.87. The van der Waals surface area contributed by atoms with Crippen LogP contribution in [0.3, 0.4) is 0 Å². The van der Waals surface area contributed by atoms with Crippen molar-refractivity contribution < 1.29 is 9.59 Å². The van der Waals surface area contributed by atoms with Gasteiger partial charge in [0.2, 0.25) is 5.91 Å². The van der Waals surface area contributed by atoms with E-state index in [0.29, 0.717) is 5.70 Å². The van der Waals surface area contributed by atoms with Crippen LogP contribution in [-0.4, -0.2) is 36.2 Å². The molecule has 2 rings (SSSR count). The lowest BCUT2D eigenvalue weighted by molar-refractivity contribution is -0.146. The van der Waals surface area contributed by atoms with Gasteiger partial charge in [-0.3, -0.25) is 9.59 Å². The third kappa shape index (κ3) is 0.701. The number of fused-ring (bicyclic) bond motifs is 1. The standard InChI is InChI=1S/C8H10N2O2/c1-9-7-6-3-2-5(4-11)10(6)8(7)12/h2,4,6-7,9H,3H2,1H3. The first kappa shape index (κ1) is 7.49. The monoisotopic (exact) mass is 166 g/mol. The van der Waals surface area contributed by atoms with Gasteiger partial charge in [0.15, 0.2) is 6.29 Å². The van der Waals surface area contributed by atoms with Crippen LogP contribution in [0, 0.1) is 0 Å². The van der Waals surface area contributed by atoms with Crippen molar-refractivity contribution in [2.75, 3.05) is 7.05 Å². The lowest BCUT2D eigenvalue weighted by Crippen LogP contribution is -2.66. The number of hydrogen-bond donors (Lipinski definition) is 1. The van der Waals surface area contributed by atoms with Crippen molar-refractivity contribution in [3.63, 3.8) is 0 Å². The average molecular weight is 166 g/mol. The topological polar surface area (TPSA) is 49.4 Å². The first-order valence-corrected chi connectivity index (χ1v) is 3.95. The van der Waals surface area contributed by atoms with Crippen molar-refractivity contribution in [2.24, 2.45) is 0 Å². The zero-order valence-electron chi connectivity index (χ0n) is 6.78. The quantitative estimate of drug-likeness (QED) is 0.434. The number of carbonyl (C=O) groups excluding carboxylic acids is 2. The molecule has 2 unspecified atom stereocenters. The Morgan fingerprint density at radius 3 is 3.08 bits per heavy atom. The van der Waals surface area contributed by atoms with Gasteiger partial charge in [-0.15, -0.1) is 0 Å². The van der Waals surface area contributed by atoms with Gasteiger partial charge in [0, 0.05) is 0 Å². The fourth-order valence-electron chi connectivity index (χ4n) is 1.87. The highest BCUT2D eigenvalue weighted by molar-refractivity contribution is 5.96. The van der Waals surface area contributed by atoms with E-state index >= 15 is 0 Å². The first-order valence-electron chi connectivity index (χ1n) is 3.95. The molecule has 1 amide bonds. The van der Waals surface area contributed by atoms with Crippen molar-refractivity contribution in [2.45, 2.75) is 18.5 Å². The first-order chi connectivity index (χ1) is 5.79. The molecule has 1 fully saturated rings. The summed E-state index contributed by atoms with van der Waals surface area (Å²) in [5.74, 6) is 0.0124. The summed E-state index contributed by atoms with van der Waals surface area (Å²) in [7, 11) is 1.76. The molecule has 1 N–H and O–H groups in total. The van der Waals surface area contributed by atoms with E-state index in [1.165, 1.54) is 0 Å². The van der Waals surface area contributed by atoms with Crippen molar-refractivity contribution in [1.29, 1.82) is 0 Å². The minimum absolute atomic E-state index is 0.0124. The summed E-state index contributed by atoms with van der Waals surface area (Å²) in [6, 6.07) is 0.0985. The van der Waals surface area contributed by atoms with Crippen LogP contribution in [0.25, 0.3) is 0 Å². The van der Waals surface area contributed by atoms with Gasteiger partial charge in [-0.05, 0) is 13.5 Å². The molecular weight excluding hydrogens is 156 g/mol. The molecule has 0 aromatic heterocycles. The fraction of sp³-hybridized carbons (Fsp3) is 0.500. The Morgan fingerprint density at radius 2 is 2.50 bits per heavy atom. The number of nitrogens with one attached hydrogen (secondary N) is 1. The van der Waals surface area contributed by atoms with E-state index in [1.807, 2.05) is 6.08 Å². The minimum Gasteiger partial charge on any atom is -0.307 e. The molecule has 2 aliphatic rings. The predicted molar refractivity (Wildman–Crippen MR) is 42.2 cm³/mol. The molecule has 0 aromatic carbocycles. The maximum Gasteiger partial charge on any atom is 0.246 e. The molecule has 2 aliphatic heterocycles. The number of hydrogen-bond acceptors (Lipinski definition) is 3. The van der Waals surface area contributed by atoms with E-state index in [9.17, 15) is 9.59 Å². The van der Waals surface area contributed by atoms with E-state index < -0.39 is 0 Å². The van der Waals surface area contributed by atoms with Crippen molar-refractivity contribution in [3.8, 4) is 0 Å². The highest BCUT2D eigenvalue weighted by atomic mass is 16.2. The normalized spacial score (nSPS) is 32.6. The van der Waals surface area contributed by atoms with E-state index in [4.69, 9.17) is 0 Å². The van der Waals surface area contributed by atoms with Gasteiger partial charge in [0.1, 0.15) is 6.04 Å². The van der Waals surface area contributed by atoms with Crippen molar-refractivity contribution in [1.82, 2.24) is 10.2 Å². The summed E-state index contributed by atoms with van der Waals surface area (Å²) in [6.07, 6.45) is 3.35. The Kier molecular flexibility index (Phi) is 1.51. The number of nitrogens with zero attached hydrogens (tertiary/aromatic N) is 1. The smallest absolute Gasteiger partial charge is 0.246 e. The Bertz CT molecular complexity index is 272. The minimum atomic E-state index is -0.0845. The van der Waals surface area contributed by atoms with Crippen molar-refractivity contribution >= 4 is 12.2 Å². The molecule has 0 aliphatic carbocycles. The molecule has 0 saturated carbocycles. The Hall–Kier alpha value is -1.16. The van der Waals surface area contributed by atoms with E-state index in [-0.39, 0.29) is 18.0 Å². The summed E-state index contributed by atoms with van der Waals surface area (Å²) in [5.41, 5.74) is 0.525. The highest BCUT2D eigenvalue weighted by Crippen LogP contribution is 2.32. The van der Waals surface area contributed by atoms with Gasteiger partial charge in [-0.25, -0.2) is 0 Å². The zero-order chi connectivity index (χ0) is 8.72. The van der Waals surface area contributed by atoms with Crippen LogP contribution in [0.1, 0.15) is 6.42 Å². The summed E-state index contributed by atoms with van der Waals surface area (Å²) < 4.78 is 0. The van der Waals surface area contributed by atoms with Gasteiger partial charge in [0.25, 0.3) is 0 Å². The van der Waals surface area contributed by atoms with Crippen LogP contribution in [0.4, 0.5) is 0 Å². The van der Waals surface area contributed by atoms with Crippen LogP contribution in [0.5, 0.6) is 0 Å². The third-order valence-electron chi connectivity index (χ3n) is 2.50. The lowest BCUT2D eigenvalue weighted by Gasteiger charge is -2.42. The van der Waals surface area contributed by atoms with E-state index in [2.05, 4.69) is 5.32 Å². The number of aldehydes is 1. The Morgan fingerprint density at radius 1 is 1.75 bits per heavy atom. The second kappa shape index (κ2) is 2.42. The third-order valence-corrected chi connectivity index (χ3v) is 2.50. The molecule has 1 saturated heterocycles. The van der Waals surface area contributed by atoms with Gasteiger partial charge in [-0.1, -0.05) is 6.08 Å². The maximum atomic E-state index is 11.3. The van der Waals surface area contributed by atoms with Crippen LogP contribution < -0.4 is 5.32 Å². The molecule has 0 aromatic rings. The van der Waals surface area contributed by atoms with Gasteiger partial charge < -0.3 is 10.2 Å². The summed E-state index contributed by atoms with van der Waals surface area (Å²) >= 11 is 0. The van der Waals surface area contributed by atoms with Crippen LogP contribution >= 0.6 is 0 Å². The molecule has 0 radical (unpaired) electrons. The lowest BCUT2D eigenvalue weighted by atomic mass is 9.96. The molecule has 4 heteroatoms. The van der Waals surface area contributed by atoms with Crippen LogP contribution in [0.2, 0.25) is 0 Å². The zero-order valence-corrected chi connectivity index (χ0v) is 6.78. The maximum absolute atomic E-state index is 11.3. The largest absolute Gasteiger partial charge is 0.307 e. The Labute approximate surface area is 70.2 Å². The van der Waals surface area contributed by atoms with Crippen molar-refractivity contribution in [3.05, 3.63) is 11.8 Å². The number of likely N-dealkylation sites (N-methyl/N-ethyl adjacent to an activating group) is 1. The van der Waals surface area contributed by atoms with Crippen LogP contribution in [-0.2, 0) is 9.59 Å². The number of allylic oxidation sites excluding steroid dienone is 1.